The van der Waals surface area contributed by atoms with Crippen molar-refractivity contribution in [3.05, 3.63) is 66.0 Å². The van der Waals surface area contributed by atoms with E-state index in [0.717, 1.165) is 5.56 Å². The SMILES string of the molecule is CN(CCOc1ccccc1F)C(=O)[C@H](N)c1ccccc1. The first-order valence-corrected chi connectivity index (χ1v) is 7.02. The first-order chi connectivity index (χ1) is 10.6. The van der Waals surface area contributed by atoms with Gasteiger partial charge in [-0.05, 0) is 17.7 Å². The molecule has 0 aliphatic rings. The third-order valence-electron chi connectivity index (χ3n) is 3.32. The van der Waals surface area contributed by atoms with E-state index >= 15 is 0 Å². The fraction of sp³-hybridized carbons (Fsp3) is 0.235. The van der Waals surface area contributed by atoms with Gasteiger partial charge in [-0.15, -0.1) is 0 Å². The second-order valence-corrected chi connectivity index (χ2v) is 4.93. The van der Waals surface area contributed by atoms with E-state index in [0.29, 0.717) is 6.54 Å². The van der Waals surface area contributed by atoms with Gasteiger partial charge in [0.1, 0.15) is 12.6 Å². The van der Waals surface area contributed by atoms with Gasteiger partial charge in [0.25, 0.3) is 0 Å². The molecule has 0 heterocycles. The number of carbonyl (C=O) groups is 1. The molecule has 4 nitrogen and oxygen atoms in total. The van der Waals surface area contributed by atoms with E-state index in [9.17, 15) is 9.18 Å². The Hall–Kier alpha value is -2.40. The van der Waals surface area contributed by atoms with Gasteiger partial charge in [0, 0.05) is 7.05 Å². The zero-order chi connectivity index (χ0) is 15.9. The van der Waals surface area contributed by atoms with Gasteiger partial charge < -0.3 is 15.4 Å². The Morgan fingerprint density at radius 1 is 1.18 bits per heavy atom. The molecule has 5 heteroatoms. The highest BCUT2D eigenvalue weighted by Crippen LogP contribution is 2.15. The van der Waals surface area contributed by atoms with E-state index in [1.54, 1.807) is 25.2 Å². The normalized spacial score (nSPS) is 11.8. The highest BCUT2D eigenvalue weighted by molar-refractivity contribution is 5.82. The quantitative estimate of drug-likeness (QED) is 0.891. The van der Waals surface area contributed by atoms with E-state index in [4.69, 9.17) is 10.5 Å². The van der Waals surface area contributed by atoms with Gasteiger partial charge in [-0.2, -0.15) is 0 Å². The summed E-state index contributed by atoms with van der Waals surface area (Å²) in [6.45, 7) is 0.526. The molecule has 0 bridgehead atoms. The number of hydrogen-bond donors (Lipinski definition) is 1. The van der Waals surface area contributed by atoms with Crippen LogP contribution < -0.4 is 10.5 Å². The second kappa shape index (κ2) is 7.56. The molecule has 0 aliphatic carbocycles. The molecule has 0 fully saturated rings. The summed E-state index contributed by atoms with van der Waals surface area (Å²) < 4.78 is 18.7. The molecule has 0 saturated heterocycles. The van der Waals surface area contributed by atoms with Crippen LogP contribution in [-0.4, -0.2) is 31.0 Å². The minimum atomic E-state index is -0.709. The summed E-state index contributed by atoms with van der Waals surface area (Å²) in [7, 11) is 1.65. The van der Waals surface area contributed by atoms with E-state index < -0.39 is 11.9 Å². The highest BCUT2D eigenvalue weighted by atomic mass is 19.1. The van der Waals surface area contributed by atoms with Gasteiger partial charge in [0.05, 0.1) is 6.54 Å². The van der Waals surface area contributed by atoms with Crippen LogP contribution in [-0.2, 0) is 4.79 Å². The Morgan fingerprint density at radius 2 is 1.82 bits per heavy atom. The van der Waals surface area contributed by atoms with E-state index in [1.165, 1.54) is 11.0 Å². The number of halogens is 1. The lowest BCUT2D eigenvalue weighted by Gasteiger charge is -2.21. The van der Waals surface area contributed by atoms with Gasteiger partial charge >= 0.3 is 0 Å². The van der Waals surface area contributed by atoms with Crippen LogP contribution in [0.5, 0.6) is 5.75 Å². The maximum absolute atomic E-state index is 13.4. The average molecular weight is 302 g/mol. The number of likely N-dealkylation sites (N-methyl/N-ethyl adjacent to an activating group) is 1. The lowest BCUT2D eigenvalue weighted by Crippen LogP contribution is -2.38. The van der Waals surface area contributed by atoms with Crippen molar-refractivity contribution in [2.24, 2.45) is 5.73 Å². The number of benzene rings is 2. The predicted octanol–water partition coefficient (Wildman–Crippen LogP) is 2.36. The number of nitrogens with two attached hydrogens (primary N) is 1. The molecule has 2 aromatic carbocycles. The third kappa shape index (κ3) is 4.05. The van der Waals surface area contributed by atoms with Crippen LogP contribution in [0.2, 0.25) is 0 Å². The summed E-state index contributed by atoms with van der Waals surface area (Å²) in [5.41, 5.74) is 6.71. The maximum Gasteiger partial charge on any atom is 0.243 e. The van der Waals surface area contributed by atoms with E-state index in [1.807, 2.05) is 30.3 Å². The number of hydrogen-bond acceptors (Lipinski definition) is 3. The highest BCUT2D eigenvalue weighted by Gasteiger charge is 2.19. The van der Waals surface area contributed by atoms with E-state index in [-0.39, 0.29) is 18.3 Å². The maximum atomic E-state index is 13.4. The molecule has 0 saturated carbocycles. The van der Waals surface area contributed by atoms with Crippen LogP contribution >= 0.6 is 0 Å². The number of rotatable bonds is 6. The molecule has 0 aliphatic heterocycles. The molecule has 1 amide bonds. The zero-order valence-electron chi connectivity index (χ0n) is 12.4. The summed E-state index contributed by atoms with van der Waals surface area (Å²) in [6, 6.07) is 14.6. The third-order valence-corrected chi connectivity index (χ3v) is 3.32. The fourth-order valence-corrected chi connectivity index (χ4v) is 2.00. The van der Waals surface area contributed by atoms with Gasteiger partial charge in [0.15, 0.2) is 11.6 Å². The monoisotopic (exact) mass is 302 g/mol. The largest absolute Gasteiger partial charge is 0.489 e. The first kappa shape index (κ1) is 16.0. The van der Waals surface area contributed by atoms with Gasteiger partial charge in [-0.1, -0.05) is 42.5 Å². The summed E-state index contributed by atoms with van der Waals surface area (Å²) in [5, 5.41) is 0. The topological polar surface area (TPSA) is 55.6 Å². The standard InChI is InChI=1S/C17H19FN2O2/c1-20(11-12-22-15-10-6-5-9-14(15)18)17(21)16(19)13-7-3-2-4-8-13/h2-10,16H,11-12,19H2,1H3/t16-/m1/s1. The Bertz CT molecular complexity index is 619. The minimum absolute atomic E-state index is 0.177. The molecule has 0 radical (unpaired) electrons. The molecule has 2 aromatic rings. The van der Waals surface area contributed by atoms with Crippen molar-refractivity contribution in [3.8, 4) is 5.75 Å². The van der Waals surface area contributed by atoms with Crippen molar-refractivity contribution in [1.82, 2.24) is 4.90 Å². The van der Waals surface area contributed by atoms with Crippen LogP contribution in [0.25, 0.3) is 0 Å². The minimum Gasteiger partial charge on any atom is -0.489 e. The summed E-state index contributed by atoms with van der Waals surface area (Å²) in [5.74, 6) is -0.448. The number of ether oxygens (including phenoxy) is 1. The average Bonchev–Trinajstić information content (AvgIpc) is 2.56. The molecule has 2 N–H and O–H groups in total. The lowest BCUT2D eigenvalue weighted by molar-refractivity contribution is -0.131. The number of carbonyl (C=O) groups excluding carboxylic acids is 1. The molecule has 22 heavy (non-hydrogen) atoms. The van der Waals surface area contributed by atoms with Crippen LogP contribution in [0.4, 0.5) is 4.39 Å². The number of amides is 1. The molecule has 0 unspecified atom stereocenters. The fourth-order valence-electron chi connectivity index (χ4n) is 2.00. The van der Waals surface area contributed by atoms with Crippen LogP contribution in [0, 0.1) is 5.82 Å². The number of para-hydroxylation sites is 1. The predicted molar refractivity (Wildman–Crippen MR) is 82.9 cm³/mol. The van der Waals surface area contributed by atoms with Gasteiger partial charge in [-0.3, -0.25) is 4.79 Å². The molecule has 2 rings (SSSR count). The summed E-state index contributed by atoms with van der Waals surface area (Å²) >= 11 is 0. The molecular formula is C17H19FN2O2. The molecule has 116 valence electrons. The van der Waals surface area contributed by atoms with Crippen LogP contribution in [0.1, 0.15) is 11.6 Å². The summed E-state index contributed by atoms with van der Waals surface area (Å²) in [6.07, 6.45) is 0. The molecule has 1 atom stereocenters. The Kier molecular flexibility index (Phi) is 5.49. The van der Waals surface area contributed by atoms with Crippen molar-refractivity contribution in [3.63, 3.8) is 0 Å². The van der Waals surface area contributed by atoms with Crippen molar-refractivity contribution in [2.75, 3.05) is 20.2 Å². The number of nitrogens with zero attached hydrogens (tertiary/aromatic N) is 1. The Balaban J connectivity index is 1.85. The Labute approximate surface area is 129 Å². The van der Waals surface area contributed by atoms with Crippen molar-refractivity contribution in [1.29, 1.82) is 0 Å². The Morgan fingerprint density at radius 3 is 2.50 bits per heavy atom. The van der Waals surface area contributed by atoms with Gasteiger partial charge in [-0.25, -0.2) is 4.39 Å². The van der Waals surface area contributed by atoms with E-state index in [2.05, 4.69) is 0 Å². The summed E-state index contributed by atoms with van der Waals surface area (Å²) in [4.78, 5) is 13.7. The second-order valence-electron chi connectivity index (χ2n) is 4.93. The smallest absolute Gasteiger partial charge is 0.243 e. The van der Waals surface area contributed by atoms with Gasteiger partial charge in [0.2, 0.25) is 5.91 Å². The molecular weight excluding hydrogens is 283 g/mol. The van der Waals surface area contributed by atoms with Crippen molar-refractivity contribution >= 4 is 5.91 Å². The van der Waals surface area contributed by atoms with Crippen LogP contribution in [0.15, 0.2) is 54.6 Å². The first-order valence-electron chi connectivity index (χ1n) is 7.02. The molecule has 0 aromatic heterocycles. The van der Waals surface area contributed by atoms with Crippen LogP contribution in [0.3, 0.4) is 0 Å². The zero-order valence-corrected chi connectivity index (χ0v) is 12.4. The molecule has 0 spiro atoms. The lowest BCUT2D eigenvalue weighted by atomic mass is 10.1. The van der Waals surface area contributed by atoms with Crippen molar-refractivity contribution < 1.29 is 13.9 Å². The van der Waals surface area contributed by atoms with Crippen molar-refractivity contribution in [2.45, 2.75) is 6.04 Å².